The van der Waals surface area contributed by atoms with Crippen molar-refractivity contribution in [1.29, 1.82) is 0 Å². The monoisotopic (exact) mass is 446 g/mol. The van der Waals surface area contributed by atoms with Crippen molar-refractivity contribution in [2.45, 2.75) is 39.2 Å². The Balaban J connectivity index is 1.89. The third-order valence-corrected chi connectivity index (χ3v) is 5.15. The number of methoxy groups -OCH3 is 1. The number of aromatic amines is 1. The molecule has 0 radical (unpaired) electrons. The average molecular weight is 447 g/mol. The lowest BCUT2D eigenvalue weighted by Gasteiger charge is -2.27. The number of H-pyrrole nitrogens is 1. The number of allylic oxidation sites excluding steroid dienone is 1. The van der Waals surface area contributed by atoms with Crippen LogP contribution in [0.5, 0.6) is 0 Å². The van der Waals surface area contributed by atoms with Gasteiger partial charge in [0.1, 0.15) is 5.82 Å². The van der Waals surface area contributed by atoms with E-state index in [1.165, 1.54) is 12.1 Å². The zero-order valence-corrected chi connectivity index (χ0v) is 17.7. The average Bonchev–Trinajstić information content (AvgIpc) is 3.34. The Morgan fingerprint density at radius 1 is 1.25 bits per heavy atom. The largest absolute Gasteiger partial charge is 0.452 e. The summed E-state index contributed by atoms with van der Waals surface area (Å²) in [5.74, 6) is 0.468. The first-order valence-electron chi connectivity index (χ1n) is 9.12. The molecule has 0 fully saturated rings. The molecule has 0 unspecified atom stereocenters. The summed E-state index contributed by atoms with van der Waals surface area (Å²) in [6.45, 7) is 3.67. The minimum absolute atomic E-state index is 0.212. The molecule has 28 heavy (non-hydrogen) atoms. The van der Waals surface area contributed by atoms with Crippen molar-refractivity contribution in [1.82, 2.24) is 20.4 Å². The van der Waals surface area contributed by atoms with E-state index in [2.05, 4.69) is 36.1 Å². The number of imidazole rings is 1. The first-order valence-corrected chi connectivity index (χ1v) is 9.91. The Bertz CT molecular complexity index is 902. The van der Waals surface area contributed by atoms with Gasteiger partial charge in [-0.3, -0.25) is 4.79 Å². The normalized spacial score (nSPS) is 13.8. The molecule has 2 amide bonds. The molecule has 2 aromatic rings. The highest BCUT2D eigenvalue weighted by Crippen LogP contribution is 2.34. The van der Waals surface area contributed by atoms with Gasteiger partial charge in [-0.2, -0.15) is 0 Å². The molecule has 1 heterocycles. The van der Waals surface area contributed by atoms with E-state index >= 15 is 0 Å². The second-order valence-corrected chi connectivity index (χ2v) is 7.75. The number of amides is 2. The molecule has 0 bridgehead atoms. The minimum atomic E-state index is -0.669. The van der Waals surface area contributed by atoms with Gasteiger partial charge in [0.25, 0.3) is 5.91 Å². The minimum Gasteiger partial charge on any atom is -0.452 e. The number of hydrogen-bond donors (Lipinski definition) is 2. The lowest BCUT2D eigenvalue weighted by Crippen LogP contribution is -2.50. The topological polar surface area (TPSA) is 87.3 Å². The highest BCUT2D eigenvalue weighted by Gasteiger charge is 2.29. The Hall–Kier alpha value is -2.61. The highest BCUT2D eigenvalue weighted by atomic mass is 79.9. The number of hydrazine groups is 1. The third kappa shape index (κ3) is 4.27. The van der Waals surface area contributed by atoms with E-state index in [0.29, 0.717) is 17.8 Å². The van der Waals surface area contributed by atoms with Gasteiger partial charge in [-0.05, 0) is 50.8 Å². The first kappa shape index (κ1) is 20.1. The van der Waals surface area contributed by atoms with Crippen molar-refractivity contribution in [3.05, 3.63) is 46.3 Å². The number of halogens is 1. The quantitative estimate of drug-likeness (QED) is 0.685. The second-order valence-electron chi connectivity index (χ2n) is 6.84. The molecule has 148 valence electrons. The molecule has 7 nitrogen and oxygen atoms in total. The van der Waals surface area contributed by atoms with Gasteiger partial charge < -0.3 is 9.72 Å². The van der Waals surface area contributed by atoms with E-state index < -0.39 is 6.09 Å². The SMILES string of the molecule is COC(=O)NN(C(=O)C1=C(c2ncc(-c3ccc(Br)cc3)[nH]2)CCC1)C(C)C. The van der Waals surface area contributed by atoms with Crippen molar-refractivity contribution in [2.75, 3.05) is 7.11 Å². The van der Waals surface area contributed by atoms with E-state index in [1.54, 1.807) is 6.20 Å². The highest BCUT2D eigenvalue weighted by molar-refractivity contribution is 9.10. The Labute approximate surface area is 172 Å². The lowest BCUT2D eigenvalue weighted by atomic mass is 10.1. The summed E-state index contributed by atoms with van der Waals surface area (Å²) in [5.41, 5.74) is 5.98. The zero-order chi connectivity index (χ0) is 20.3. The second kappa shape index (κ2) is 8.60. The smallest absolute Gasteiger partial charge is 0.425 e. The number of rotatable bonds is 4. The molecule has 1 aromatic heterocycles. The standard InChI is InChI=1S/C20H23BrN4O3/c1-12(2)25(24-20(27)28-3)19(26)16-6-4-5-15(16)18-22-11-17(23-18)13-7-9-14(21)10-8-13/h7-12H,4-6H2,1-3H3,(H,22,23)(H,24,27). The zero-order valence-electron chi connectivity index (χ0n) is 16.1. The number of carbonyl (C=O) groups is 2. The van der Waals surface area contributed by atoms with E-state index in [4.69, 9.17) is 0 Å². The summed E-state index contributed by atoms with van der Waals surface area (Å²) >= 11 is 3.43. The van der Waals surface area contributed by atoms with Crippen LogP contribution in [-0.4, -0.2) is 40.1 Å². The molecule has 2 N–H and O–H groups in total. The molecule has 0 atom stereocenters. The van der Waals surface area contributed by atoms with Gasteiger partial charge >= 0.3 is 6.09 Å². The Morgan fingerprint density at radius 3 is 2.61 bits per heavy atom. The summed E-state index contributed by atoms with van der Waals surface area (Å²) in [7, 11) is 1.27. The van der Waals surface area contributed by atoms with Gasteiger partial charge in [-0.25, -0.2) is 20.2 Å². The maximum Gasteiger partial charge on any atom is 0.425 e. The molecule has 8 heteroatoms. The van der Waals surface area contributed by atoms with Gasteiger partial charge in [0.05, 0.1) is 19.0 Å². The van der Waals surface area contributed by atoms with Crippen molar-refractivity contribution in [2.24, 2.45) is 0 Å². The fraction of sp³-hybridized carbons (Fsp3) is 0.350. The van der Waals surface area contributed by atoms with E-state index in [9.17, 15) is 9.59 Å². The van der Waals surface area contributed by atoms with E-state index in [1.807, 2.05) is 38.1 Å². The molecule has 0 aliphatic heterocycles. The van der Waals surface area contributed by atoms with Crippen LogP contribution in [0.2, 0.25) is 0 Å². The number of nitrogens with one attached hydrogen (secondary N) is 2. The van der Waals surface area contributed by atoms with Crippen molar-refractivity contribution in [3.8, 4) is 11.3 Å². The first-order chi connectivity index (χ1) is 13.4. The van der Waals surface area contributed by atoms with Crippen LogP contribution in [0.3, 0.4) is 0 Å². The van der Waals surface area contributed by atoms with Gasteiger partial charge in [-0.15, -0.1) is 0 Å². The van der Waals surface area contributed by atoms with Crippen molar-refractivity contribution in [3.63, 3.8) is 0 Å². The summed E-state index contributed by atoms with van der Waals surface area (Å²) in [5, 5.41) is 1.31. The van der Waals surface area contributed by atoms with Gasteiger partial charge in [-0.1, -0.05) is 28.1 Å². The molecule has 0 saturated heterocycles. The maximum atomic E-state index is 13.1. The predicted octanol–water partition coefficient (Wildman–Crippen LogP) is 4.28. The van der Waals surface area contributed by atoms with Crippen LogP contribution in [0.15, 0.2) is 40.5 Å². The Kier molecular flexibility index (Phi) is 6.18. The van der Waals surface area contributed by atoms with Crippen LogP contribution < -0.4 is 5.43 Å². The summed E-state index contributed by atoms with van der Waals surface area (Å²) in [6, 6.07) is 7.72. The molecule has 0 saturated carbocycles. The summed E-state index contributed by atoms with van der Waals surface area (Å²) in [6.07, 6.45) is 3.39. The van der Waals surface area contributed by atoms with Crippen molar-refractivity contribution < 1.29 is 14.3 Å². The van der Waals surface area contributed by atoms with Crippen LogP contribution in [0.25, 0.3) is 16.8 Å². The number of hydrogen-bond acceptors (Lipinski definition) is 4. The molecule has 1 aliphatic carbocycles. The van der Waals surface area contributed by atoms with Crippen LogP contribution in [0.4, 0.5) is 4.79 Å². The molecular weight excluding hydrogens is 424 g/mol. The fourth-order valence-corrected chi connectivity index (χ4v) is 3.46. The van der Waals surface area contributed by atoms with Crippen molar-refractivity contribution >= 4 is 33.5 Å². The summed E-state index contributed by atoms with van der Waals surface area (Å²) < 4.78 is 5.64. The van der Waals surface area contributed by atoms with Gasteiger partial charge in [0.2, 0.25) is 0 Å². The van der Waals surface area contributed by atoms with E-state index in [0.717, 1.165) is 34.1 Å². The predicted molar refractivity (Wildman–Crippen MR) is 110 cm³/mol. The maximum absolute atomic E-state index is 13.1. The van der Waals surface area contributed by atoms with Crippen LogP contribution in [-0.2, 0) is 9.53 Å². The summed E-state index contributed by atoms with van der Waals surface area (Å²) in [4.78, 5) is 32.5. The van der Waals surface area contributed by atoms with Crippen LogP contribution >= 0.6 is 15.9 Å². The molecule has 0 spiro atoms. The van der Waals surface area contributed by atoms with Gasteiger partial charge in [0.15, 0.2) is 0 Å². The lowest BCUT2D eigenvalue weighted by molar-refractivity contribution is -0.131. The molecule has 3 rings (SSSR count). The number of benzene rings is 1. The Morgan fingerprint density at radius 2 is 1.96 bits per heavy atom. The fourth-order valence-electron chi connectivity index (χ4n) is 3.20. The van der Waals surface area contributed by atoms with E-state index in [-0.39, 0.29) is 11.9 Å². The number of nitrogens with zero attached hydrogens (tertiary/aromatic N) is 2. The molecular formula is C20H23BrN4O3. The third-order valence-electron chi connectivity index (χ3n) is 4.63. The number of aromatic nitrogens is 2. The number of ether oxygens (including phenoxy) is 1. The van der Waals surface area contributed by atoms with Crippen LogP contribution in [0, 0.1) is 0 Å². The van der Waals surface area contributed by atoms with Gasteiger partial charge in [0, 0.05) is 21.7 Å². The number of carbonyl (C=O) groups excluding carboxylic acids is 2. The molecule has 1 aliphatic rings. The van der Waals surface area contributed by atoms with Crippen LogP contribution in [0.1, 0.15) is 38.9 Å². The molecule has 1 aromatic carbocycles.